The Balaban J connectivity index is 2.21. The highest BCUT2D eigenvalue weighted by Gasteiger charge is 2.42. The smallest absolute Gasteiger partial charge is 0.277 e. The van der Waals surface area contributed by atoms with Crippen molar-refractivity contribution in [2.75, 3.05) is 0 Å². The van der Waals surface area contributed by atoms with Crippen molar-refractivity contribution in [3.8, 4) is 0 Å². The second-order valence-electron chi connectivity index (χ2n) is 4.37. The van der Waals surface area contributed by atoms with Crippen molar-refractivity contribution < 1.29 is 14.4 Å². The van der Waals surface area contributed by atoms with Gasteiger partial charge in [-0.25, -0.2) is 9.78 Å². The summed E-state index contributed by atoms with van der Waals surface area (Å²) >= 11 is 1.36. The predicted octanol–water partition coefficient (Wildman–Crippen LogP) is 0.994. The van der Waals surface area contributed by atoms with Crippen LogP contribution in [0.2, 0.25) is 0 Å². The van der Waals surface area contributed by atoms with Gasteiger partial charge in [0.05, 0.1) is 6.54 Å². The molecule has 4 amide bonds. The van der Waals surface area contributed by atoms with Crippen LogP contribution in [0.1, 0.15) is 18.9 Å². The number of barbiturate groups is 1. The van der Waals surface area contributed by atoms with Crippen molar-refractivity contribution in [1.82, 2.24) is 15.2 Å². The van der Waals surface area contributed by atoms with Crippen LogP contribution < -0.4 is 5.32 Å². The Bertz CT molecular complexity index is 484. The molecule has 0 radical (unpaired) electrons. The molecule has 18 heavy (non-hydrogen) atoms. The van der Waals surface area contributed by atoms with Crippen LogP contribution in [-0.2, 0) is 16.1 Å². The number of aromatic nitrogens is 1. The van der Waals surface area contributed by atoms with Crippen molar-refractivity contribution in [3.63, 3.8) is 0 Å². The molecule has 1 atom stereocenters. The zero-order valence-electron chi connectivity index (χ0n) is 10.0. The van der Waals surface area contributed by atoms with E-state index in [2.05, 4.69) is 10.3 Å². The van der Waals surface area contributed by atoms with Gasteiger partial charge in [-0.05, 0) is 5.92 Å². The van der Waals surface area contributed by atoms with Crippen LogP contribution >= 0.6 is 11.3 Å². The molecule has 1 saturated heterocycles. The first-order valence-corrected chi connectivity index (χ1v) is 6.43. The number of amides is 4. The van der Waals surface area contributed by atoms with Gasteiger partial charge in [0.25, 0.3) is 0 Å². The number of hydrogen-bond donors (Lipinski definition) is 1. The van der Waals surface area contributed by atoms with Gasteiger partial charge in [0.15, 0.2) is 0 Å². The molecule has 1 aromatic heterocycles. The van der Waals surface area contributed by atoms with Gasteiger partial charge in [0.2, 0.25) is 11.8 Å². The van der Waals surface area contributed by atoms with Gasteiger partial charge in [-0.1, -0.05) is 13.8 Å². The van der Waals surface area contributed by atoms with Crippen molar-refractivity contribution >= 4 is 29.2 Å². The summed E-state index contributed by atoms with van der Waals surface area (Å²) in [4.78, 5) is 40.5. The summed E-state index contributed by atoms with van der Waals surface area (Å²) in [6, 6.07) is -0.669. The lowest BCUT2D eigenvalue weighted by molar-refractivity contribution is -0.144. The monoisotopic (exact) mass is 267 g/mol. The average Bonchev–Trinajstić information content (AvgIpc) is 2.75. The Morgan fingerprint density at radius 2 is 2.17 bits per heavy atom. The van der Waals surface area contributed by atoms with Gasteiger partial charge < -0.3 is 0 Å². The summed E-state index contributed by atoms with van der Waals surface area (Å²) in [5.41, 5.74) is 0. The first-order chi connectivity index (χ1) is 8.50. The van der Waals surface area contributed by atoms with E-state index in [4.69, 9.17) is 0 Å². The van der Waals surface area contributed by atoms with E-state index in [-0.39, 0.29) is 12.5 Å². The molecule has 0 spiro atoms. The Morgan fingerprint density at radius 1 is 1.44 bits per heavy atom. The zero-order chi connectivity index (χ0) is 13.3. The molecule has 1 N–H and O–H groups in total. The maximum atomic E-state index is 12.1. The lowest BCUT2D eigenvalue weighted by Gasteiger charge is -2.31. The number of carbonyl (C=O) groups excluding carboxylic acids is 3. The fourth-order valence-electron chi connectivity index (χ4n) is 1.83. The van der Waals surface area contributed by atoms with E-state index in [9.17, 15) is 14.4 Å². The van der Waals surface area contributed by atoms with Crippen LogP contribution in [-0.4, -0.2) is 27.7 Å². The van der Waals surface area contributed by atoms with Crippen molar-refractivity contribution in [2.24, 2.45) is 11.8 Å². The summed E-state index contributed by atoms with van der Waals surface area (Å²) in [5.74, 6) is -1.92. The Labute approximate surface area is 108 Å². The Morgan fingerprint density at radius 3 is 2.72 bits per heavy atom. The summed E-state index contributed by atoms with van der Waals surface area (Å²) in [6.45, 7) is 3.66. The number of nitrogens with one attached hydrogen (secondary N) is 1. The van der Waals surface area contributed by atoms with E-state index in [0.717, 1.165) is 4.90 Å². The highest BCUT2D eigenvalue weighted by molar-refractivity contribution is 7.09. The molecular formula is C11H13N3O3S. The summed E-state index contributed by atoms with van der Waals surface area (Å²) < 4.78 is 0. The Hall–Kier alpha value is -1.76. The van der Waals surface area contributed by atoms with E-state index >= 15 is 0 Å². The molecule has 0 aromatic carbocycles. The fourth-order valence-corrected chi connectivity index (χ4v) is 2.44. The third-order valence-electron chi connectivity index (χ3n) is 2.73. The molecule has 0 bridgehead atoms. The minimum Gasteiger partial charge on any atom is -0.277 e. The predicted molar refractivity (Wildman–Crippen MR) is 64.5 cm³/mol. The summed E-state index contributed by atoms with van der Waals surface area (Å²) in [7, 11) is 0. The SMILES string of the molecule is CC(C)C1C(=O)NC(=O)N(Cc2nccs2)C1=O. The van der Waals surface area contributed by atoms with Crippen LogP contribution in [0, 0.1) is 11.8 Å². The highest BCUT2D eigenvalue weighted by atomic mass is 32.1. The van der Waals surface area contributed by atoms with Crippen LogP contribution in [0.25, 0.3) is 0 Å². The molecule has 2 rings (SSSR count). The minimum absolute atomic E-state index is 0.110. The first-order valence-electron chi connectivity index (χ1n) is 5.55. The van der Waals surface area contributed by atoms with Crippen LogP contribution in [0.3, 0.4) is 0 Å². The first kappa shape index (κ1) is 12.7. The largest absolute Gasteiger partial charge is 0.331 e. The third-order valence-corrected chi connectivity index (χ3v) is 3.50. The van der Waals surface area contributed by atoms with Gasteiger partial charge in [-0.3, -0.25) is 19.8 Å². The van der Waals surface area contributed by atoms with Gasteiger partial charge in [0.1, 0.15) is 10.9 Å². The van der Waals surface area contributed by atoms with Gasteiger partial charge in [0, 0.05) is 11.6 Å². The van der Waals surface area contributed by atoms with E-state index in [1.807, 2.05) is 0 Å². The van der Waals surface area contributed by atoms with Gasteiger partial charge in [-0.2, -0.15) is 0 Å². The topological polar surface area (TPSA) is 79.4 Å². The molecule has 6 nitrogen and oxygen atoms in total. The minimum atomic E-state index is -0.803. The molecule has 1 aliphatic rings. The van der Waals surface area contributed by atoms with Crippen LogP contribution in [0.15, 0.2) is 11.6 Å². The molecule has 0 aliphatic carbocycles. The van der Waals surface area contributed by atoms with Gasteiger partial charge >= 0.3 is 6.03 Å². The maximum absolute atomic E-state index is 12.1. The second kappa shape index (κ2) is 4.85. The second-order valence-corrected chi connectivity index (χ2v) is 5.35. The maximum Gasteiger partial charge on any atom is 0.331 e. The summed E-state index contributed by atoms with van der Waals surface area (Å²) in [5, 5.41) is 4.64. The molecule has 1 aromatic rings. The molecule has 2 heterocycles. The molecule has 1 unspecified atom stereocenters. The number of urea groups is 1. The average molecular weight is 267 g/mol. The molecule has 96 valence electrons. The number of hydrogen-bond acceptors (Lipinski definition) is 5. The molecule has 0 saturated carbocycles. The molecule has 7 heteroatoms. The number of thiazole rings is 1. The third kappa shape index (κ3) is 2.26. The number of carbonyl (C=O) groups is 3. The lowest BCUT2D eigenvalue weighted by Crippen LogP contribution is -2.58. The van der Waals surface area contributed by atoms with E-state index in [1.165, 1.54) is 11.3 Å². The van der Waals surface area contributed by atoms with Crippen LogP contribution in [0.4, 0.5) is 4.79 Å². The standard InChI is InChI=1S/C11H13N3O3S/c1-6(2)8-9(15)13-11(17)14(10(8)16)5-7-12-3-4-18-7/h3-4,6,8H,5H2,1-2H3,(H,13,15,17). The van der Waals surface area contributed by atoms with Crippen molar-refractivity contribution in [2.45, 2.75) is 20.4 Å². The highest BCUT2D eigenvalue weighted by Crippen LogP contribution is 2.21. The van der Waals surface area contributed by atoms with Crippen molar-refractivity contribution in [3.05, 3.63) is 16.6 Å². The van der Waals surface area contributed by atoms with Crippen molar-refractivity contribution in [1.29, 1.82) is 0 Å². The van der Waals surface area contributed by atoms with Gasteiger partial charge in [-0.15, -0.1) is 11.3 Å². The molecular weight excluding hydrogens is 254 g/mol. The van der Waals surface area contributed by atoms with E-state index in [0.29, 0.717) is 5.01 Å². The fraction of sp³-hybridized carbons (Fsp3) is 0.455. The van der Waals surface area contributed by atoms with Crippen LogP contribution in [0.5, 0.6) is 0 Å². The lowest BCUT2D eigenvalue weighted by atomic mass is 9.92. The number of nitrogens with zero attached hydrogens (tertiary/aromatic N) is 2. The zero-order valence-corrected chi connectivity index (χ0v) is 10.9. The van der Waals surface area contributed by atoms with E-state index < -0.39 is 23.8 Å². The quantitative estimate of drug-likeness (QED) is 0.828. The number of rotatable bonds is 3. The number of imide groups is 2. The Kier molecular flexibility index (Phi) is 3.42. The summed E-state index contributed by atoms with van der Waals surface area (Å²) in [6.07, 6.45) is 1.61. The molecule has 1 fully saturated rings. The normalized spacial score (nSPS) is 20.5. The van der Waals surface area contributed by atoms with E-state index in [1.54, 1.807) is 25.4 Å². The molecule has 1 aliphatic heterocycles.